The maximum Gasteiger partial charge on any atom is 0.119 e. The molecule has 0 spiro atoms. The van der Waals surface area contributed by atoms with Crippen molar-refractivity contribution in [2.24, 2.45) is 0 Å². The fourth-order valence-electron chi connectivity index (χ4n) is 2.30. The molecule has 3 rings (SSSR count). The summed E-state index contributed by atoms with van der Waals surface area (Å²) < 4.78 is 5.46. The third kappa shape index (κ3) is 2.71. The first-order valence-corrected chi connectivity index (χ1v) is 7.56. The van der Waals surface area contributed by atoms with Crippen LogP contribution in [0.5, 0.6) is 5.75 Å². The third-order valence-corrected chi connectivity index (χ3v) is 4.39. The molecule has 1 atom stereocenters. The Morgan fingerprint density at radius 1 is 1.16 bits per heavy atom. The Morgan fingerprint density at radius 3 is 2.74 bits per heavy atom. The molecule has 1 heterocycles. The van der Waals surface area contributed by atoms with Crippen LogP contribution in [-0.4, -0.2) is 12.4 Å². The number of anilines is 1. The van der Waals surface area contributed by atoms with Crippen molar-refractivity contribution in [3.8, 4) is 5.75 Å². The van der Waals surface area contributed by atoms with E-state index >= 15 is 0 Å². The van der Waals surface area contributed by atoms with Crippen LogP contribution in [0.1, 0.15) is 18.5 Å². The SMILES string of the molecule is CCOc1ccc(NC2CSc3ccccc32)cc1. The second kappa shape index (κ2) is 5.57. The van der Waals surface area contributed by atoms with E-state index in [0.29, 0.717) is 12.6 Å². The highest BCUT2D eigenvalue weighted by Gasteiger charge is 2.22. The summed E-state index contributed by atoms with van der Waals surface area (Å²) in [7, 11) is 0. The molecule has 1 N–H and O–H groups in total. The Bertz CT molecular complexity index is 553. The highest BCUT2D eigenvalue weighted by atomic mass is 32.2. The molecule has 0 fully saturated rings. The summed E-state index contributed by atoms with van der Waals surface area (Å²) in [6, 6.07) is 17.2. The molecule has 1 aliphatic heterocycles. The van der Waals surface area contributed by atoms with E-state index in [2.05, 4.69) is 41.7 Å². The molecule has 0 bridgehead atoms. The first-order valence-electron chi connectivity index (χ1n) is 6.58. The quantitative estimate of drug-likeness (QED) is 0.893. The van der Waals surface area contributed by atoms with Crippen LogP contribution in [0.3, 0.4) is 0 Å². The normalized spacial score (nSPS) is 17.0. The number of hydrogen-bond acceptors (Lipinski definition) is 3. The van der Waals surface area contributed by atoms with E-state index in [9.17, 15) is 0 Å². The first kappa shape index (κ1) is 12.4. The van der Waals surface area contributed by atoms with Gasteiger partial charge in [0.25, 0.3) is 0 Å². The van der Waals surface area contributed by atoms with Gasteiger partial charge in [0.05, 0.1) is 12.6 Å². The summed E-state index contributed by atoms with van der Waals surface area (Å²) in [6.45, 7) is 2.71. The van der Waals surface area contributed by atoms with Gasteiger partial charge in [0.1, 0.15) is 5.75 Å². The van der Waals surface area contributed by atoms with Crippen molar-refractivity contribution < 1.29 is 4.74 Å². The molecule has 2 nitrogen and oxygen atoms in total. The molecule has 1 aliphatic rings. The zero-order chi connectivity index (χ0) is 13.1. The molecule has 1 unspecified atom stereocenters. The molecule has 19 heavy (non-hydrogen) atoms. The van der Waals surface area contributed by atoms with Crippen LogP contribution in [0, 0.1) is 0 Å². The minimum Gasteiger partial charge on any atom is -0.494 e. The molecular weight excluding hydrogens is 254 g/mol. The maximum atomic E-state index is 5.46. The summed E-state index contributed by atoms with van der Waals surface area (Å²) >= 11 is 1.92. The molecule has 0 saturated heterocycles. The van der Waals surface area contributed by atoms with Crippen LogP contribution in [0.25, 0.3) is 0 Å². The Morgan fingerprint density at radius 2 is 1.95 bits per heavy atom. The second-order valence-electron chi connectivity index (χ2n) is 4.50. The lowest BCUT2D eigenvalue weighted by Crippen LogP contribution is -2.09. The lowest BCUT2D eigenvalue weighted by Gasteiger charge is -2.15. The second-order valence-corrected chi connectivity index (χ2v) is 5.56. The Kier molecular flexibility index (Phi) is 3.65. The van der Waals surface area contributed by atoms with Crippen molar-refractivity contribution in [3.05, 3.63) is 54.1 Å². The molecule has 98 valence electrons. The minimum absolute atomic E-state index is 0.402. The summed E-state index contributed by atoms with van der Waals surface area (Å²) in [6.07, 6.45) is 0. The van der Waals surface area contributed by atoms with Crippen molar-refractivity contribution in [3.63, 3.8) is 0 Å². The number of ether oxygens (including phenoxy) is 1. The van der Waals surface area contributed by atoms with Crippen molar-refractivity contribution in [2.75, 3.05) is 17.7 Å². The maximum absolute atomic E-state index is 5.46. The predicted octanol–water partition coefficient (Wildman–Crippen LogP) is 4.34. The summed E-state index contributed by atoms with van der Waals surface area (Å²) in [5.74, 6) is 2.02. The standard InChI is InChI=1S/C16H17NOS/c1-2-18-13-9-7-12(8-10-13)17-15-11-19-16-6-4-3-5-14(15)16/h3-10,15,17H,2,11H2,1H3. The van der Waals surface area contributed by atoms with Gasteiger partial charge in [-0.1, -0.05) is 18.2 Å². The lowest BCUT2D eigenvalue weighted by atomic mass is 10.1. The molecule has 0 aromatic heterocycles. The topological polar surface area (TPSA) is 21.3 Å². The molecule has 2 aromatic carbocycles. The highest BCUT2D eigenvalue weighted by Crippen LogP contribution is 2.39. The first-order chi connectivity index (χ1) is 9.36. The van der Waals surface area contributed by atoms with Crippen LogP contribution in [0.4, 0.5) is 5.69 Å². The Labute approximate surface area is 118 Å². The van der Waals surface area contributed by atoms with Gasteiger partial charge >= 0.3 is 0 Å². The molecule has 3 heteroatoms. The number of thioether (sulfide) groups is 1. The molecule has 0 aliphatic carbocycles. The van der Waals surface area contributed by atoms with Crippen molar-refractivity contribution in [1.29, 1.82) is 0 Å². The predicted molar refractivity (Wildman–Crippen MR) is 81.1 cm³/mol. The van der Waals surface area contributed by atoms with Crippen LogP contribution in [0.15, 0.2) is 53.4 Å². The Balaban J connectivity index is 1.72. The minimum atomic E-state index is 0.402. The number of fused-ring (bicyclic) bond motifs is 1. The number of hydrogen-bond donors (Lipinski definition) is 1. The van der Waals surface area contributed by atoms with E-state index < -0.39 is 0 Å². The van der Waals surface area contributed by atoms with Gasteiger partial charge in [-0.15, -0.1) is 11.8 Å². The van der Waals surface area contributed by atoms with Crippen molar-refractivity contribution in [2.45, 2.75) is 17.9 Å². The number of benzene rings is 2. The van der Waals surface area contributed by atoms with Gasteiger partial charge in [0, 0.05) is 16.3 Å². The summed E-state index contributed by atoms with van der Waals surface area (Å²) in [5.41, 5.74) is 2.55. The van der Waals surface area contributed by atoms with Gasteiger partial charge in [0.2, 0.25) is 0 Å². The van der Waals surface area contributed by atoms with Gasteiger partial charge in [-0.3, -0.25) is 0 Å². The Hall–Kier alpha value is -1.61. The molecule has 0 amide bonds. The van der Waals surface area contributed by atoms with Crippen LogP contribution in [0.2, 0.25) is 0 Å². The fourth-order valence-corrected chi connectivity index (χ4v) is 3.46. The third-order valence-electron chi connectivity index (χ3n) is 3.21. The molecule has 2 aromatic rings. The van der Waals surface area contributed by atoms with Crippen molar-refractivity contribution >= 4 is 17.4 Å². The van der Waals surface area contributed by atoms with Crippen molar-refractivity contribution in [1.82, 2.24) is 0 Å². The zero-order valence-electron chi connectivity index (χ0n) is 10.9. The highest BCUT2D eigenvalue weighted by molar-refractivity contribution is 7.99. The fraction of sp³-hybridized carbons (Fsp3) is 0.250. The van der Waals surface area contributed by atoms with Crippen LogP contribution < -0.4 is 10.1 Å². The average Bonchev–Trinajstić information content (AvgIpc) is 2.85. The van der Waals surface area contributed by atoms with Gasteiger partial charge in [-0.05, 0) is 42.8 Å². The van der Waals surface area contributed by atoms with Crippen LogP contribution >= 0.6 is 11.8 Å². The zero-order valence-corrected chi connectivity index (χ0v) is 11.7. The largest absolute Gasteiger partial charge is 0.494 e. The molecule has 0 radical (unpaired) electrons. The number of nitrogens with one attached hydrogen (secondary N) is 1. The van der Waals surface area contributed by atoms with E-state index in [4.69, 9.17) is 4.74 Å². The summed E-state index contributed by atoms with van der Waals surface area (Å²) in [5, 5.41) is 3.59. The lowest BCUT2D eigenvalue weighted by molar-refractivity contribution is 0.340. The summed E-state index contributed by atoms with van der Waals surface area (Å²) in [4.78, 5) is 1.39. The van der Waals surface area contributed by atoms with E-state index in [1.54, 1.807) is 0 Å². The molecular formula is C16H17NOS. The van der Waals surface area contributed by atoms with E-state index in [0.717, 1.165) is 17.2 Å². The van der Waals surface area contributed by atoms with E-state index in [1.807, 2.05) is 30.8 Å². The smallest absolute Gasteiger partial charge is 0.119 e. The van der Waals surface area contributed by atoms with Crippen LogP contribution in [-0.2, 0) is 0 Å². The van der Waals surface area contributed by atoms with Gasteiger partial charge in [0.15, 0.2) is 0 Å². The average molecular weight is 271 g/mol. The van der Waals surface area contributed by atoms with E-state index in [1.165, 1.54) is 10.5 Å². The monoisotopic (exact) mass is 271 g/mol. The molecule has 0 saturated carbocycles. The van der Waals surface area contributed by atoms with Gasteiger partial charge in [-0.2, -0.15) is 0 Å². The van der Waals surface area contributed by atoms with E-state index in [-0.39, 0.29) is 0 Å². The van der Waals surface area contributed by atoms with Gasteiger partial charge < -0.3 is 10.1 Å². The number of rotatable bonds is 4. The van der Waals surface area contributed by atoms with Gasteiger partial charge in [-0.25, -0.2) is 0 Å².